The van der Waals surface area contributed by atoms with Crippen LogP contribution in [0, 0.1) is 0 Å². The van der Waals surface area contributed by atoms with Gasteiger partial charge in [0, 0.05) is 18.5 Å². The first kappa shape index (κ1) is 8.55. The molecule has 0 saturated carbocycles. The lowest BCUT2D eigenvalue weighted by Gasteiger charge is -1.98. The third kappa shape index (κ3) is 2.01. The highest BCUT2D eigenvalue weighted by Crippen LogP contribution is 2.03. The monoisotopic (exact) mass is 187 g/mol. The van der Waals surface area contributed by atoms with Crippen molar-refractivity contribution in [2.24, 2.45) is 0 Å². The molecule has 0 atom stereocenters. The molecule has 0 amide bonds. The quantitative estimate of drug-likeness (QED) is 0.738. The van der Waals surface area contributed by atoms with E-state index in [-0.39, 0.29) is 0 Å². The molecule has 2 heterocycles. The van der Waals surface area contributed by atoms with Gasteiger partial charge in [-0.1, -0.05) is 0 Å². The second kappa shape index (κ2) is 3.78. The van der Waals surface area contributed by atoms with Crippen molar-refractivity contribution >= 4 is 5.82 Å². The number of hydrogen-bond donors (Lipinski definition) is 1. The van der Waals surface area contributed by atoms with Crippen LogP contribution in [-0.4, -0.2) is 19.9 Å². The summed E-state index contributed by atoms with van der Waals surface area (Å²) in [5.41, 5.74) is 6.34. The molecule has 0 radical (unpaired) electrons. The lowest BCUT2D eigenvalue weighted by Crippen LogP contribution is -1.99. The minimum atomic E-state index is 0.464. The van der Waals surface area contributed by atoms with Gasteiger partial charge in [-0.15, -0.1) is 0 Å². The van der Waals surface area contributed by atoms with E-state index in [9.17, 15) is 0 Å². The first-order valence-corrected chi connectivity index (χ1v) is 4.17. The van der Waals surface area contributed by atoms with E-state index in [0.29, 0.717) is 12.2 Å². The van der Waals surface area contributed by atoms with Crippen LogP contribution >= 0.6 is 0 Å². The van der Waals surface area contributed by atoms with Gasteiger partial charge in [-0.05, 0) is 6.07 Å². The van der Waals surface area contributed by atoms with Crippen molar-refractivity contribution in [2.75, 3.05) is 5.73 Å². The van der Waals surface area contributed by atoms with Crippen molar-refractivity contribution in [3.8, 4) is 0 Å². The number of nitrogens with two attached hydrogens (primary N) is 1. The van der Waals surface area contributed by atoms with Crippen LogP contribution in [-0.2, 0) is 6.42 Å². The third-order valence-corrected chi connectivity index (χ3v) is 1.70. The van der Waals surface area contributed by atoms with Gasteiger partial charge >= 0.3 is 0 Å². The lowest BCUT2D eigenvalue weighted by molar-refractivity contribution is 0.925. The Morgan fingerprint density at radius 1 is 1.07 bits per heavy atom. The van der Waals surface area contributed by atoms with Crippen LogP contribution in [0.15, 0.2) is 30.9 Å². The molecule has 2 aromatic rings. The van der Waals surface area contributed by atoms with Crippen LogP contribution in [0.5, 0.6) is 0 Å². The summed E-state index contributed by atoms with van der Waals surface area (Å²) in [6, 6.07) is 3.49. The molecule has 2 rings (SSSR count). The average molecular weight is 187 g/mol. The van der Waals surface area contributed by atoms with E-state index >= 15 is 0 Å². The van der Waals surface area contributed by atoms with Gasteiger partial charge < -0.3 is 5.73 Å². The molecule has 0 aromatic carbocycles. The zero-order chi connectivity index (χ0) is 9.80. The first-order valence-electron chi connectivity index (χ1n) is 4.17. The Bertz CT molecular complexity index is 415. The number of aromatic nitrogens is 4. The second-order valence-corrected chi connectivity index (χ2v) is 2.78. The number of nitrogen functional groups attached to an aromatic ring is 1. The molecule has 14 heavy (non-hydrogen) atoms. The molecular weight excluding hydrogens is 178 g/mol. The Morgan fingerprint density at radius 3 is 2.57 bits per heavy atom. The van der Waals surface area contributed by atoms with Crippen LogP contribution < -0.4 is 5.73 Å². The molecule has 0 fully saturated rings. The summed E-state index contributed by atoms with van der Waals surface area (Å²) in [4.78, 5) is 16.1. The molecule has 70 valence electrons. The number of anilines is 1. The fourth-order valence-electron chi connectivity index (χ4n) is 1.09. The fraction of sp³-hybridized carbons (Fsp3) is 0.111. The van der Waals surface area contributed by atoms with Gasteiger partial charge in [0.25, 0.3) is 0 Å². The maximum Gasteiger partial charge on any atom is 0.134 e. The summed E-state index contributed by atoms with van der Waals surface area (Å²) in [7, 11) is 0. The van der Waals surface area contributed by atoms with E-state index in [2.05, 4.69) is 19.9 Å². The second-order valence-electron chi connectivity index (χ2n) is 2.78. The molecule has 0 spiro atoms. The Morgan fingerprint density at radius 2 is 1.86 bits per heavy atom. The normalized spacial score (nSPS) is 10.0. The van der Waals surface area contributed by atoms with Crippen LogP contribution in [0.4, 0.5) is 5.82 Å². The number of nitrogens with zero attached hydrogens (tertiary/aromatic N) is 4. The highest BCUT2D eigenvalue weighted by molar-refractivity contribution is 5.28. The van der Waals surface area contributed by atoms with Gasteiger partial charge in [-0.3, -0.25) is 0 Å². The number of hydrogen-bond acceptors (Lipinski definition) is 5. The lowest BCUT2D eigenvalue weighted by atomic mass is 10.3. The van der Waals surface area contributed by atoms with Gasteiger partial charge in [0.05, 0.1) is 12.1 Å². The molecule has 0 aliphatic rings. The van der Waals surface area contributed by atoms with Gasteiger partial charge in [-0.25, -0.2) is 19.9 Å². The molecule has 0 bridgehead atoms. The molecule has 2 aromatic heterocycles. The predicted molar refractivity (Wildman–Crippen MR) is 51.3 cm³/mol. The third-order valence-electron chi connectivity index (χ3n) is 1.70. The Kier molecular flexibility index (Phi) is 2.31. The van der Waals surface area contributed by atoms with E-state index in [4.69, 9.17) is 5.73 Å². The fourth-order valence-corrected chi connectivity index (χ4v) is 1.09. The van der Waals surface area contributed by atoms with Crippen molar-refractivity contribution in [1.29, 1.82) is 0 Å². The summed E-state index contributed by atoms with van der Waals surface area (Å²) >= 11 is 0. The van der Waals surface area contributed by atoms with Gasteiger partial charge in [0.1, 0.15) is 18.0 Å². The minimum Gasteiger partial charge on any atom is -0.384 e. The first-order chi connectivity index (χ1) is 6.84. The van der Waals surface area contributed by atoms with E-state index < -0.39 is 0 Å². The molecule has 0 aliphatic carbocycles. The van der Waals surface area contributed by atoms with Gasteiger partial charge in [-0.2, -0.15) is 0 Å². The van der Waals surface area contributed by atoms with Gasteiger partial charge in [0.2, 0.25) is 0 Å². The van der Waals surface area contributed by atoms with E-state index in [1.54, 1.807) is 24.5 Å². The SMILES string of the molecule is Nc1cc(Cc2ncccn2)ncn1. The van der Waals surface area contributed by atoms with Crippen LogP contribution in [0.1, 0.15) is 11.5 Å². The van der Waals surface area contributed by atoms with E-state index in [0.717, 1.165) is 11.5 Å². The van der Waals surface area contributed by atoms with Crippen molar-refractivity contribution < 1.29 is 0 Å². The molecule has 5 heteroatoms. The number of rotatable bonds is 2. The topological polar surface area (TPSA) is 77.6 Å². The van der Waals surface area contributed by atoms with Crippen molar-refractivity contribution in [1.82, 2.24) is 19.9 Å². The van der Waals surface area contributed by atoms with Crippen molar-refractivity contribution in [3.63, 3.8) is 0 Å². The van der Waals surface area contributed by atoms with Crippen molar-refractivity contribution in [3.05, 3.63) is 42.4 Å². The zero-order valence-corrected chi connectivity index (χ0v) is 7.46. The Hall–Kier alpha value is -2.04. The molecule has 0 saturated heterocycles. The summed E-state index contributed by atoms with van der Waals surface area (Å²) in [5.74, 6) is 1.19. The summed E-state index contributed by atoms with van der Waals surface area (Å²) in [5, 5.41) is 0. The predicted octanol–water partition coefficient (Wildman–Crippen LogP) is 0.440. The highest BCUT2D eigenvalue weighted by Gasteiger charge is 1.99. The summed E-state index contributed by atoms with van der Waals surface area (Å²) < 4.78 is 0. The molecule has 0 aliphatic heterocycles. The van der Waals surface area contributed by atoms with Crippen LogP contribution in [0.25, 0.3) is 0 Å². The van der Waals surface area contributed by atoms with E-state index in [1.807, 2.05) is 0 Å². The minimum absolute atomic E-state index is 0.464. The van der Waals surface area contributed by atoms with Crippen molar-refractivity contribution in [2.45, 2.75) is 6.42 Å². The maximum atomic E-state index is 5.52. The standard InChI is InChI=1S/C9H9N5/c10-8-4-7(13-6-14-8)5-9-11-2-1-3-12-9/h1-4,6H,5H2,(H2,10,13,14). The van der Waals surface area contributed by atoms with Crippen LogP contribution in [0.3, 0.4) is 0 Å². The average Bonchev–Trinajstić information content (AvgIpc) is 2.19. The largest absolute Gasteiger partial charge is 0.384 e. The zero-order valence-electron chi connectivity index (χ0n) is 7.46. The molecular formula is C9H9N5. The Balaban J connectivity index is 2.19. The van der Waals surface area contributed by atoms with Gasteiger partial charge in [0.15, 0.2) is 0 Å². The Labute approximate surface area is 81.1 Å². The molecule has 5 nitrogen and oxygen atoms in total. The molecule has 2 N–H and O–H groups in total. The van der Waals surface area contributed by atoms with Crippen LogP contribution in [0.2, 0.25) is 0 Å². The molecule has 0 unspecified atom stereocenters. The smallest absolute Gasteiger partial charge is 0.134 e. The highest BCUT2D eigenvalue weighted by atomic mass is 14.9. The summed E-state index contributed by atoms with van der Waals surface area (Å²) in [6.07, 6.45) is 5.42. The van der Waals surface area contributed by atoms with E-state index in [1.165, 1.54) is 6.33 Å². The maximum absolute atomic E-state index is 5.52. The summed E-state index contributed by atoms with van der Waals surface area (Å²) in [6.45, 7) is 0.